The molecular weight excluding hydrogens is 344 g/mol. The maximum Gasteiger partial charge on any atom is 0.294 e. The Labute approximate surface area is 145 Å². The van der Waals surface area contributed by atoms with Crippen LogP contribution in [0.4, 0.5) is 5.13 Å². The van der Waals surface area contributed by atoms with Crippen molar-refractivity contribution in [3.05, 3.63) is 65.5 Å². The average Bonchev–Trinajstić information content (AvgIpc) is 3.02. The van der Waals surface area contributed by atoms with Crippen LogP contribution < -0.4 is 5.73 Å². The Morgan fingerprint density at radius 3 is 2.17 bits per heavy atom. The van der Waals surface area contributed by atoms with Crippen LogP contribution in [0, 0.1) is 0 Å². The number of aromatic nitrogens is 1. The zero-order valence-electron chi connectivity index (χ0n) is 13.1. The van der Waals surface area contributed by atoms with Gasteiger partial charge in [0, 0.05) is 10.9 Å². The predicted molar refractivity (Wildman–Crippen MR) is 97.6 cm³/mol. The van der Waals surface area contributed by atoms with Gasteiger partial charge in [-0.2, -0.15) is 8.42 Å². The third-order valence-electron chi connectivity index (χ3n) is 3.22. The third-order valence-corrected chi connectivity index (χ3v) is 4.76. The zero-order valence-corrected chi connectivity index (χ0v) is 14.7. The molecule has 0 saturated heterocycles. The van der Waals surface area contributed by atoms with Crippen molar-refractivity contribution in [2.45, 2.75) is 18.2 Å². The van der Waals surface area contributed by atoms with Crippen molar-refractivity contribution >= 4 is 26.6 Å². The van der Waals surface area contributed by atoms with Gasteiger partial charge in [-0.1, -0.05) is 49.4 Å². The standard InChI is InChI=1S/C9H8N2S.C8H10O3S/c10-9-11-8(6-12-9)7-4-2-1-3-5-7;1-2-7-3-5-8(6-4-7)12(9,10)11/h1-6H,(H2,10,11);3-6H,2H2,1H3,(H,9,10,11). The third kappa shape index (κ3) is 5.16. The quantitative estimate of drug-likeness (QED) is 0.690. The normalized spacial score (nSPS) is 10.8. The van der Waals surface area contributed by atoms with Crippen LogP contribution in [0.5, 0.6) is 0 Å². The lowest BCUT2D eigenvalue weighted by atomic mass is 10.2. The van der Waals surface area contributed by atoms with Crippen molar-refractivity contribution in [2.75, 3.05) is 5.73 Å². The maximum absolute atomic E-state index is 10.6. The Bertz CT molecular complexity index is 874. The van der Waals surface area contributed by atoms with Crippen molar-refractivity contribution in [2.24, 2.45) is 0 Å². The monoisotopic (exact) mass is 362 g/mol. The van der Waals surface area contributed by atoms with E-state index < -0.39 is 10.1 Å². The molecule has 24 heavy (non-hydrogen) atoms. The Balaban J connectivity index is 0.000000174. The molecule has 5 nitrogen and oxygen atoms in total. The molecule has 0 aliphatic rings. The van der Waals surface area contributed by atoms with E-state index in [0.29, 0.717) is 5.13 Å². The molecule has 3 N–H and O–H groups in total. The van der Waals surface area contributed by atoms with Crippen LogP contribution in [0.15, 0.2) is 64.9 Å². The second-order valence-corrected chi connectivity index (χ2v) is 7.22. The summed E-state index contributed by atoms with van der Waals surface area (Å²) in [6.45, 7) is 1.97. The van der Waals surface area contributed by atoms with Crippen molar-refractivity contribution < 1.29 is 13.0 Å². The van der Waals surface area contributed by atoms with E-state index in [4.69, 9.17) is 10.3 Å². The highest BCUT2D eigenvalue weighted by molar-refractivity contribution is 7.85. The molecule has 3 aromatic rings. The fraction of sp³-hybridized carbons (Fsp3) is 0.118. The molecule has 1 heterocycles. The van der Waals surface area contributed by atoms with Crippen LogP contribution in [-0.4, -0.2) is 18.0 Å². The second-order valence-electron chi connectivity index (χ2n) is 4.91. The summed E-state index contributed by atoms with van der Waals surface area (Å²) in [4.78, 5) is 4.12. The molecule has 0 atom stereocenters. The smallest absolute Gasteiger partial charge is 0.294 e. The Morgan fingerprint density at radius 1 is 1.08 bits per heavy atom. The summed E-state index contributed by atoms with van der Waals surface area (Å²) in [5.41, 5.74) is 8.64. The van der Waals surface area contributed by atoms with Crippen molar-refractivity contribution in [1.29, 1.82) is 0 Å². The number of anilines is 1. The summed E-state index contributed by atoms with van der Waals surface area (Å²) < 4.78 is 29.8. The van der Waals surface area contributed by atoms with Gasteiger partial charge in [-0.25, -0.2) is 4.98 Å². The van der Waals surface area contributed by atoms with Gasteiger partial charge >= 0.3 is 0 Å². The van der Waals surface area contributed by atoms with Gasteiger partial charge in [-0.3, -0.25) is 4.55 Å². The fourth-order valence-corrected chi connectivity index (χ4v) is 2.98. The highest BCUT2D eigenvalue weighted by atomic mass is 32.2. The van der Waals surface area contributed by atoms with Crippen molar-refractivity contribution in [1.82, 2.24) is 4.98 Å². The number of aryl methyl sites for hydroxylation is 1. The van der Waals surface area contributed by atoms with E-state index in [-0.39, 0.29) is 4.90 Å². The van der Waals surface area contributed by atoms with E-state index in [2.05, 4.69) is 4.98 Å². The van der Waals surface area contributed by atoms with E-state index in [9.17, 15) is 8.42 Å². The molecule has 0 amide bonds. The number of hydrogen-bond acceptors (Lipinski definition) is 5. The lowest BCUT2D eigenvalue weighted by molar-refractivity contribution is 0.483. The minimum atomic E-state index is -4.03. The topological polar surface area (TPSA) is 93.3 Å². The molecule has 0 saturated carbocycles. The first-order valence-electron chi connectivity index (χ1n) is 7.23. The predicted octanol–water partition coefficient (Wildman–Crippen LogP) is 3.89. The molecule has 7 heteroatoms. The first kappa shape index (κ1) is 18.1. The Kier molecular flexibility index (Phi) is 6.08. The molecule has 0 aliphatic carbocycles. The largest absolute Gasteiger partial charge is 0.375 e. The van der Waals surface area contributed by atoms with Crippen molar-refractivity contribution in [3.63, 3.8) is 0 Å². The van der Waals surface area contributed by atoms with Crippen molar-refractivity contribution in [3.8, 4) is 11.3 Å². The van der Waals surface area contributed by atoms with Gasteiger partial charge in [0.05, 0.1) is 10.6 Å². The van der Waals surface area contributed by atoms with Crippen LogP contribution in [0.2, 0.25) is 0 Å². The summed E-state index contributed by atoms with van der Waals surface area (Å²) in [5, 5.41) is 2.58. The molecule has 2 aromatic carbocycles. The van der Waals surface area contributed by atoms with Crippen LogP contribution in [0.25, 0.3) is 11.3 Å². The van der Waals surface area contributed by atoms with Gasteiger partial charge in [-0.05, 0) is 24.1 Å². The minimum absolute atomic E-state index is 0.0558. The molecule has 0 unspecified atom stereocenters. The molecule has 0 fully saturated rings. The van der Waals surface area contributed by atoms with Gasteiger partial charge in [0.25, 0.3) is 10.1 Å². The highest BCUT2D eigenvalue weighted by Crippen LogP contribution is 2.22. The molecule has 0 spiro atoms. The molecule has 0 aliphatic heterocycles. The van der Waals surface area contributed by atoms with Crippen LogP contribution in [0.1, 0.15) is 12.5 Å². The van der Waals surface area contributed by atoms with E-state index in [1.807, 2.05) is 42.6 Å². The second kappa shape index (κ2) is 8.05. The number of nitrogen functional groups attached to an aromatic ring is 1. The number of benzene rings is 2. The molecule has 0 bridgehead atoms. The number of nitrogens with two attached hydrogens (primary N) is 1. The molecule has 0 radical (unpaired) electrons. The Hall–Kier alpha value is -2.22. The van der Waals surface area contributed by atoms with Crippen LogP contribution in [0.3, 0.4) is 0 Å². The van der Waals surface area contributed by atoms with E-state index in [1.165, 1.54) is 23.5 Å². The number of nitrogens with zero attached hydrogens (tertiary/aromatic N) is 1. The van der Waals surface area contributed by atoms with Gasteiger partial charge in [0.2, 0.25) is 0 Å². The number of thiazole rings is 1. The summed E-state index contributed by atoms with van der Waals surface area (Å²) in [5.74, 6) is 0. The van der Waals surface area contributed by atoms with E-state index in [0.717, 1.165) is 23.2 Å². The van der Waals surface area contributed by atoms with E-state index in [1.54, 1.807) is 12.1 Å². The SMILES string of the molecule is CCc1ccc(S(=O)(=O)O)cc1.Nc1nc(-c2ccccc2)cs1. The zero-order chi connectivity index (χ0) is 17.6. The average molecular weight is 362 g/mol. The summed E-state index contributed by atoms with van der Waals surface area (Å²) in [6.07, 6.45) is 0.853. The fourth-order valence-electron chi connectivity index (χ4n) is 1.93. The minimum Gasteiger partial charge on any atom is -0.375 e. The van der Waals surface area contributed by atoms with Gasteiger partial charge in [0.1, 0.15) is 0 Å². The van der Waals surface area contributed by atoms with E-state index >= 15 is 0 Å². The lowest BCUT2D eigenvalue weighted by Crippen LogP contribution is -1.97. The molecule has 1 aromatic heterocycles. The maximum atomic E-state index is 10.6. The Morgan fingerprint density at radius 2 is 1.71 bits per heavy atom. The molecular formula is C17H18N2O3S2. The van der Waals surface area contributed by atoms with Gasteiger partial charge in [0.15, 0.2) is 5.13 Å². The number of hydrogen-bond donors (Lipinski definition) is 2. The molecule has 126 valence electrons. The van der Waals surface area contributed by atoms with Crippen LogP contribution in [-0.2, 0) is 16.5 Å². The van der Waals surface area contributed by atoms with Crippen LogP contribution >= 0.6 is 11.3 Å². The lowest BCUT2D eigenvalue weighted by Gasteiger charge is -1.97. The number of rotatable bonds is 3. The van der Waals surface area contributed by atoms with Gasteiger partial charge in [-0.15, -0.1) is 11.3 Å². The highest BCUT2D eigenvalue weighted by Gasteiger charge is 2.07. The summed E-state index contributed by atoms with van der Waals surface area (Å²) >= 11 is 1.47. The first-order valence-corrected chi connectivity index (χ1v) is 9.55. The summed E-state index contributed by atoms with van der Waals surface area (Å²) in [6, 6.07) is 16.2. The summed E-state index contributed by atoms with van der Waals surface area (Å²) in [7, 11) is -4.03. The molecule has 3 rings (SSSR count). The first-order chi connectivity index (χ1) is 11.4. The van der Waals surface area contributed by atoms with Gasteiger partial charge < -0.3 is 5.73 Å².